The maximum Gasteiger partial charge on any atom is 0.230 e. The summed E-state index contributed by atoms with van der Waals surface area (Å²) in [5.41, 5.74) is 0.371. The average molecular weight is 349 g/mol. The SMILES string of the molecule is Cc1nnc(SCC(=O)N[C@H](C)C23CC4CC(CC(C4)C2)C3)n1C. The summed E-state index contributed by atoms with van der Waals surface area (Å²) in [6.45, 7) is 4.16. The minimum absolute atomic E-state index is 0.129. The van der Waals surface area contributed by atoms with Gasteiger partial charge in [0.25, 0.3) is 0 Å². The van der Waals surface area contributed by atoms with Gasteiger partial charge in [0, 0.05) is 13.1 Å². The van der Waals surface area contributed by atoms with E-state index in [1.165, 1.54) is 50.3 Å². The van der Waals surface area contributed by atoms with Crippen LogP contribution in [0.15, 0.2) is 5.16 Å². The van der Waals surface area contributed by atoms with Gasteiger partial charge in [0.05, 0.1) is 5.75 Å². The van der Waals surface area contributed by atoms with Gasteiger partial charge >= 0.3 is 0 Å². The molecule has 1 atom stereocenters. The second-order valence-corrected chi connectivity index (χ2v) is 9.39. The van der Waals surface area contributed by atoms with Crippen LogP contribution in [0.25, 0.3) is 0 Å². The summed E-state index contributed by atoms with van der Waals surface area (Å²) in [4.78, 5) is 12.4. The van der Waals surface area contributed by atoms with E-state index in [-0.39, 0.29) is 5.91 Å². The van der Waals surface area contributed by atoms with E-state index in [2.05, 4.69) is 22.4 Å². The minimum atomic E-state index is 0.129. The maximum atomic E-state index is 12.4. The summed E-state index contributed by atoms with van der Waals surface area (Å²) >= 11 is 1.47. The molecule has 4 aliphatic rings. The van der Waals surface area contributed by atoms with Crippen molar-refractivity contribution in [2.24, 2.45) is 30.2 Å². The lowest BCUT2D eigenvalue weighted by molar-refractivity contribution is -0.123. The molecule has 6 heteroatoms. The van der Waals surface area contributed by atoms with Gasteiger partial charge in [-0.25, -0.2) is 0 Å². The number of hydrogen-bond acceptors (Lipinski definition) is 4. The third kappa shape index (κ3) is 2.87. The van der Waals surface area contributed by atoms with Crippen LogP contribution in [0.2, 0.25) is 0 Å². The van der Waals surface area contributed by atoms with E-state index in [9.17, 15) is 4.79 Å². The quantitative estimate of drug-likeness (QED) is 0.831. The molecule has 4 saturated carbocycles. The third-order valence-corrected chi connectivity index (χ3v) is 7.79. The van der Waals surface area contributed by atoms with Crippen molar-refractivity contribution in [2.45, 2.75) is 63.6 Å². The average Bonchev–Trinajstić information content (AvgIpc) is 2.83. The highest BCUT2D eigenvalue weighted by molar-refractivity contribution is 7.99. The van der Waals surface area contributed by atoms with Crippen LogP contribution in [0.3, 0.4) is 0 Å². The smallest absolute Gasteiger partial charge is 0.230 e. The fraction of sp³-hybridized carbons (Fsp3) is 0.833. The lowest BCUT2D eigenvalue weighted by Crippen LogP contribution is -2.56. The Hall–Kier alpha value is -1.04. The standard InChI is InChI=1S/C18H28N4OS/c1-11(18-7-13-4-14(8-18)6-15(5-13)9-18)19-16(23)10-24-17-21-20-12(2)22(17)3/h11,13-15H,4-10H2,1-3H3,(H,19,23)/t11-,13?,14?,15?,18?/m1/s1. The van der Waals surface area contributed by atoms with E-state index in [4.69, 9.17) is 0 Å². The van der Waals surface area contributed by atoms with Crippen LogP contribution in [-0.4, -0.2) is 32.5 Å². The Morgan fingerprint density at radius 1 is 1.25 bits per heavy atom. The number of carbonyl (C=O) groups is 1. The molecule has 1 aromatic heterocycles. The molecule has 4 aliphatic carbocycles. The minimum Gasteiger partial charge on any atom is -0.352 e. The Bertz CT molecular complexity index is 606. The molecule has 1 heterocycles. The number of rotatable bonds is 5. The van der Waals surface area contributed by atoms with Crippen molar-refractivity contribution in [3.8, 4) is 0 Å². The monoisotopic (exact) mass is 348 g/mol. The molecule has 1 N–H and O–H groups in total. The molecule has 0 saturated heterocycles. The van der Waals surface area contributed by atoms with Gasteiger partial charge in [0.15, 0.2) is 5.16 Å². The largest absolute Gasteiger partial charge is 0.352 e. The first-order valence-electron chi connectivity index (χ1n) is 9.23. The number of nitrogens with one attached hydrogen (secondary N) is 1. The molecule has 0 aliphatic heterocycles. The molecule has 0 spiro atoms. The molecular weight excluding hydrogens is 320 g/mol. The molecule has 1 amide bonds. The highest BCUT2D eigenvalue weighted by atomic mass is 32.2. The Labute approximate surface area is 148 Å². The predicted molar refractivity (Wildman–Crippen MR) is 94.7 cm³/mol. The summed E-state index contributed by atoms with van der Waals surface area (Å²) in [7, 11) is 1.94. The van der Waals surface area contributed by atoms with Crippen molar-refractivity contribution >= 4 is 17.7 Å². The number of hydrogen-bond donors (Lipinski definition) is 1. The van der Waals surface area contributed by atoms with Crippen LogP contribution in [0.5, 0.6) is 0 Å². The van der Waals surface area contributed by atoms with Crippen molar-refractivity contribution < 1.29 is 4.79 Å². The molecule has 5 nitrogen and oxygen atoms in total. The van der Waals surface area contributed by atoms with Gasteiger partial charge in [-0.15, -0.1) is 10.2 Å². The molecule has 4 bridgehead atoms. The van der Waals surface area contributed by atoms with Crippen LogP contribution in [0.4, 0.5) is 0 Å². The Morgan fingerprint density at radius 3 is 2.33 bits per heavy atom. The van der Waals surface area contributed by atoms with Crippen LogP contribution in [-0.2, 0) is 11.8 Å². The van der Waals surface area contributed by atoms with Crippen LogP contribution in [0, 0.1) is 30.1 Å². The summed E-state index contributed by atoms with van der Waals surface area (Å²) in [6.07, 6.45) is 8.33. The van der Waals surface area contributed by atoms with Gasteiger partial charge in [-0.1, -0.05) is 11.8 Å². The summed E-state index contributed by atoms with van der Waals surface area (Å²) < 4.78 is 1.93. The van der Waals surface area contributed by atoms with Gasteiger partial charge in [0.2, 0.25) is 5.91 Å². The van der Waals surface area contributed by atoms with Gasteiger partial charge in [-0.3, -0.25) is 4.79 Å². The number of amides is 1. The first-order chi connectivity index (χ1) is 11.4. The number of carbonyl (C=O) groups excluding carboxylic acids is 1. The first kappa shape index (κ1) is 16.4. The maximum absolute atomic E-state index is 12.4. The topological polar surface area (TPSA) is 59.8 Å². The highest BCUT2D eigenvalue weighted by Gasteiger charge is 2.53. The zero-order chi connectivity index (χ0) is 16.9. The molecule has 132 valence electrons. The van der Waals surface area contributed by atoms with E-state index < -0.39 is 0 Å². The molecule has 0 radical (unpaired) electrons. The van der Waals surface area contributed by atoms with Crippen molar-refractivity contribution in [3.05, 3.63) is 5.82 Å². The van der Waals surface area contributed by atoms with Gasteiger partial charge in [-0.2, -0.15) is 0 Å². The first-order valence-corrected chi connectivity index (χ1v) is 10.2. The van der Waals surface area contributed by atoms with E-state index in [0.717, 1.165) is 28.7 Å². The fourth-order valence-electron chi connectivity index (χ4n) is 5.79. The number of nitrogens with zero attached hydrogens (tertiary/aromatic N) is 3. The van der Waals surface area contributed by atoms with Gasteiger partial charge < -0.3 is 9.88 Å². The van der Waals surface area contributed by atoms with E-state index in [1.54, 1.807) is 0 Å². The lowest BCUT2D eigenvalue weighted by Gasteiger charge is -2.59. The molecular formula is C18H28N4OS. The lowest BCUT2D eigenvalue weighted by atomic mass is 9.48. The van der Waals surface area contributed by atoms with Gasteiger partial charge in [-0.05, 0) is 75.5 Å². The zero-order valence-electron chi connectivity index (χ0n) is 14.9. The second-order valence-electron chi connectivity index (χ2n) is 8.45. The van der Waals surface area contributed by atoms with Gasteiger partial charge in [0.1, 0.15) is 5.82 Å². The molecule has 0 aromatic carbocycles. The second kappa shape index (κ2) is 6.04. The predicted octanol–water partition coefficient (Wildman–Crippen LogP) is 2.94. The summed E-state index contributed by atoms with van der Waals surface area (Å²) in [5.74, 6) is 4.19. The molecule has 4 fully saturated rings. The van der Waals surface area contributed by atoms with Crippen molar-refractivity contribution in [2.75, 3.05) is 5.75 Å². The Balaban J connectivity index is 1.35. The molecule has 1 aromatic rings. The third-order valence-electron chi connectivity index (χ3n) is 6.77. The number of aromatic nitrogens is 3. The highest BCUT2D eigenvalue weighted by Crippen LogP contribution is 2.61. The molecule has 0 unspecified atom stereocenters. The summed E-state index contributed by atoms with van der Waals surface area (Å²) in [6, 6.07) is 0.292. The number of thioether (sulfide) groups is 1. The van der Waals surface area contributed by atoms with E-state index >= 15 is 0 Å². The normalized spacial score (nSPS) is 35.2. The van der Waals surface area contributed by atoms with Crippen LogP contribution < -0.4 is 5.32 Å². The van der Waals surface area contributed by atoms with Crippen molar-refractivity contribution in [3.63, 3.8) is 0 Å². The van der Waals surface area contributed by atoms with E-state index in [1.807, 2.05) is 18.5 Å². The zero-order valence-corrected chi connectivity index (χ0v) is 15.7. The van der Waals surface area contributed by atoms with Crippen molar-refractivity contribution in [1.82, 2.24) is 20.1 Å². The Kier molecular flexibility index (Phi) is 4.14. The molecule has 24 heavy (non-hydrogen) atoms. The Morgan fingerprint density at radius 2 is 1.83 bits per heavy atom. The number of aryl methyl sites for hydroxylation is 1. The van der Waals surface area contributed by atoms with Crippen LogP contribution in [0.1, 0.15) is 51.3 Å². The molecule has 5 rings (SSSR count). The van der Waals surface area contributed by atoms with E-state index in [0.29, 0.717) is 17.2 Å². The van der Waals surface area contributed by atoms with Crippen molar-refractivity contribution in [1.29, 1.82) is 0 Å². The van der Waals surface area contributed by atoms with Crippen LogP contribution >= 0.6 is 11.8 Å². The summed E-state index contributed by atoms with van der Waals surface area (Å²) in [5, 5.41) is 12.3. The fourth-order valence-corrected chi connectivity index (χ4v) is 6.56.